The zero-order chi connectivity index (χ0) is 14.7. The van der Waals surface area contributed by atoms with Crippen molar-refractivity contribution < 1.29 is 5.11 Å². The summed E-state index contributed by atoms with van der Waals surface area (Å²) in [5.41, 5.74) is 1.78. The summed E-state index contributed by atoms with van der Waals surface area (Å²) in [4.78, 5) is 0. The molecule has 0 saturated carbocycles. The molecule has 2 aromatic carbocycles. The van der Waals surface area contributed by atoms with Crippen LogP contribution in [-0.4, -0.2) is 11.2 Å². The van der Waals surface area contributed by atoms with Crippen LogP contribution in [0.4, 0.5) is 0 Å². The second-order valence-electron chi connectivity index (χ2n) is 4.53. The molecule has 0 heterocycles. The van der Waals surface area contributed by atoms with Crippen molar-refractivity contribution in [2.75, 3.05) is 0 Å². The Morgan fingerprint density at radius 2 is 1.45 bits per heavy atom. The Morgan fingerprint density at radius 1 is 0.900 bits per heavy atom. The summed E-state index contributed by atoms with van der Waals surface area (Å²) in [5.74, 6) is 0. The van der Waals surface area contributed by atoms with Crippen molar-refractivity contribution in [1.82, 2.24) is 0 Å². The maximum absolute atomic E-state index is 10.2. The zero-order valence-corrected chi connectivity index (χ0v) is 14.3. The van der Waals surface area contributed by atoms with Crippen molar-refractivity contribution in [3.05, 3.63) is 67.1 Å². The van der Waals surface area contributed by atoms with Gasteiger partial charge in [-0.25, -0.2) is 0 Å². The van der Waals surface area contributed by atoms with E-state index in [2.05, 4.69) is 15.9 Å². The van der Waals surface area contributed by atoms with Crippen LogP contribution in [0.1, 0.15) is 11.1 Å². The van der Waals surface area contributed by atoms with Crippen LogP contribution < -0.4 is 0 Å². The highest BCUT2D eigenvalue weighted by Crippen LogP contribution is 2.25. The lowest BCUT2D eigenvalue weighted by Crippen LogP contribution is -2.14. The van der Waals surface area contributed by atoms with Crippen LogP contribution in [0, 0.1) is 0 Å². The number of hydrogen-bond acceptors (Lipinski definition) is 1. The molecule has 2 aromatic rings. The minimum Gasteiger partial charge on any atom is -0.392 e. The van der Waals surface area contributed by atoms with E-state index in [4.69, 9.17) is 34.8 Å². The third kappa shape index (κ3) is 4.37. The summed E-state index contributed by atoms with van der Waals surface area (Å²) in [6.07, 6.45) is 0.389. The quantitative estimate of drug-likeness (QED) is 0.720. The fraction of sp³-hybridized carbons (Fsp3) is 0.200. The van der Waals surface area contributed by atoms with Gasteiger partial charge in [-0.1, -0.05) is 62.9 Å². The van der Waals surface area contributed by atoms with E-state index >= 15 is 0 Å². The molecule has 0 fully saturated rings. The minimum atomic E-state index is -0.549. The molecular weight excluding hydrogens is 382 g/mol. The molecule has 0 spiro atoms. The molecule has 1 unspecified atom stereocenters. The van der Waals surface area contributed by atoms with Crippen molar-refractivity contribution in [2.24, 2.45) is 0 Å². The van der Waals surface area contributed by atoms with Crippen molar-refractivity contribution in [1.29, 1.82) is 0 Å². The maximum atomic E-state index is 10.2. The lowest BCUT2D eigenvalue weighted by Gasteiger charge is -2.13. The summed E-state index contributed by atoms with van der Waals surface area (Å²) >= 11 is 21.5. The average molecular weight is 395 g/mol. The van der Waals surface area contributed by atoms with Crippen molar-refractivity contribution in [3.63, 3.8) is 0 Å². The smallest absolute Gasteiger partial charge is 0.0621 e. The van der Waals surface area contributed by atoms with E-state index in [0.717, 1.165) is 15.6 Å². The van der Waals surface area contributed by atoms with E-state index in [1.165, 1.54) is 0 Å². The Morgan fingerprint density at radius 3 is 2.00 bits per heavy atom. The number of halogens is 4. The topological polar surface area (TPSA) is 20.2 Å². The standard InChI is InChI=1S/C15H12BrCl3O/c16-11-3-1-9(14(18)7-11)5-13(20)6-10-2-4-12(17)8-15(10)19/h1-4,7-8,13,20H,5-6H2. The first-order valence-electron chi connectivity index (χ1n) is 6.01. The van der Waals surface area contributed by atoms with Gasteiger partial charge in [-0.05, 0) is 35.4 Å². The third-order valence-corrected chi connectivity index (χ3v) is 4.37. The second-order valence-corrected chi connectivity index (χ2v) is 6.70. The molecule has 0 aliphatic carbocycles. The summed E-state index contributed by atoms with van der Waals surface area (Å²) in [6, 6.07) is 10.9. The summed E-state index contributed by atoms with van der Waals surface area (Å²) < 4.78 is 0.918. The molecular formula is C15H12BrCl3O. The molecule has 0 aliphatic heterocycles. The van der Waals surface area contributed by atoms with Crippen LogP contribution in [-0.2, 0) is 12.8 Å². The molecule has 0 amide bonds. The fourth-order valence-corrected chi connectivity index (χ4v) is 3.19. The molecule has 1 atom stereocenters. The minimum absolute atomic E-state index is 0.461. The SMILES string of the molecule is OC(Cc1ccc(Cl)cc1Cl)Cc1ccc(Br)cc1Cl. The van der Waals surface area contributed by atoms with Gasteiger partial charge in [-0.15, -0.1) is 0 Å². The first kappa shape index (κ1) is 16.1. The highest BCUT2D eigenvalue weighted by Gasteiger charge is 2.12. The molecule has 2 rings (SSSR count). The van der Waals surface area contributed by atoms with Gasteiger partial charge in [-0.2, -0.15) is 0 Å². The van der Waals surface area contributed by atoms with Crippen molar-refractivity contribution >= 4 is 50.7 Å². The average Bonchev–Trinajstić information content (AvgIpc) is 2.36. The normalized spacial score (nSPS) is 12.4. The molecule has 1 nitrogen and oxygen atoms in total. The van der Waals surface area contributed by atoms with E-state index in [1.54, 1.807) is 12.1 Å². The first-order valence-corrected chi connectivity index (χ1v) is 7.94. The Balaban J connectivity index is 2.07. The number of hydrogen-bond donors (Lipinski definition) is 1. The Kier molecular flexibility index (Phi) is 5.76. The van der Waals surface area contributed by atoms with Gasteiger partial charge in [-0.3, -0.25) is 0 Å². The van der Waals surface area contributed by atoms with Crippen molar-refractivity contribution in [2.45, 2.75) is 18.9 Å². The Labute approximate surface area is 141 Å². The Hall–Kier alpha value is -0.250. The van der Waals surface area contributed by atoms with Crippen LogP contribution in [0.25, 0.3) is 0 Å². The first-order chi connectivity index (χ1) is 9.45. The van der Waals surface area contributed by atoms with Crippen LogP contribution in [0.5, 0.6) is 0 Å². The molecule has 1 N–H and O–H groups in total. The number of benzene rings is 2. The molecule has 106 valence electrons. The predicted molar refractivity (Wildman–Crippen MR) is 89.0 cm³/mol. The molecule has 5 heteroatoms. The third-order valence-electron chi connectivity index (χ3n) is 2.94. The number of rotatable bonds is 4. The van der Waals surface area contributed by atoms with E-state index < -0.39 is 6.10 Å². The van der Waals surface area contributed by atoms with Crippen LogP contribution >= 0.6 is 50.7 Å². The summed E-state index contributed by atoms with van der Waals surface area (Å²) in [7, 11) is 0. The summed E-state index contributed by atoms with van der Waals surface area (Å²) in [5, 5.41) is 12.0. The lowest BCUT2D eigenvalue weighted by molar-refractivity contribution is 0.175. The maximum Gasteiger partial charge on any atom is 0.0621 e. The highest BCUT2D eigenvalue weighted by molar-refractivity contribution is 9.10. The molecule has 0 aromatic heterocycles. The largest absolute Gasteiger partial charge is 0.392 e. The van der Waals surface area contributed by atoms with Gasteiger partial charge < -0.3 is 5.11 Å². The van der Waals surface area contributed by atoms with Gasteiger partial charge in [0.1, 0.15) is 0 Å². The molecule has 0 aliphatic rings. The van der Waals surface area contributed by atoms with E-state index in [1.807, 2.05) is 24.3 Å². The van der Waals surface area contributed by atoms with Gasteiger partial charge in [0.15, 0.2) is 0 Å². The predicted octanol–water partition coefficient (Wildman–Crippen LogP) is 5.56. The fourth-order valence-electron chi connectivity index (χ4n) is 1.95. The molecule has 0 radical (unpaired) electrons. The van der Waals surface area contributed by atoms with Gasteiger partial charge >= 0.3 is 0 Å². The van der Waals surface area contributed by atoms with Crippen LogP contribution in [0.3, 0.4) is 0 Å². The van der Waals surface area contributed by atoms with Gasteiger partial charge in [0.25, 0.3) is 0 Å². The van der Waals surface area contributed by atoms with Gasteiger partial charge in [0.05, 0.1) is 6.10 Å². The van der Waals surface area contributed by atoms with Gasteiger partial charge in [0.2, 0.25) is 0 Å². The second kappa shape index (κ2) is 7.15. The highest BCUT2D eigenvalue weighted by atomic mass is 79.9. The lowest BCUT2D eigenvalue weighted by atomic mass is 10.0. The van der Waals surface area contributed by atoms with Gasteiger partial charge in [0, 0.05) is 32.4 Å². The number of aliphatic hydroxyl groups is 1. The molecule has 20 heavy (non-hydrogen) atoms. The van der Waals surface area contributed by atoms with Crippen molar-refractivity contribution in [3.8, 4) is 0 Å². The van der Waals surface area contributed by atoms with E-state index in [-0.39, 0.29) is 0 Å². The van der Waals surface area contributed by atoms with E-state index in [9.17, 15) is 5.11 Å². The Bertz CT molecular complexity index is 563. The van der Waals surface area contributed by atoms with Crippen LogP contribution in [0.15, 0.2) is 40.9 Å². The van der Waals surface area contributed by atoms with E-state index in [0.29, 0.717) is 27.9 Å². The monoisotopic (exact) mass is 392 g/mol. The molecule has 0 bridgehead atoms. The summed E-state index contributed by atoms with van der Waals surface area (Å²) in [6.45, 7) is 0. The molecule has 0 saturated heterocycles. The number of aliphatic hydroxyl groups excluding tert-OH is 1. The van der Waals surface area contributed by atoms with Crippen LogP contribution in [0.2, 0.25) is 15.1 Å². The zero-order valence-electron chi connectivity index (χ0n) is 10.4.